The third-order valence-electron chi connectivity index (χ3n) is 3.34. The summed E-state index contributed by atoms with van der Waals surface area (Å²) in [6.07, 6.45) is 1.19. The van der Waals surface area contributed by atoms with E-state index in [0.717, 1.165) is 24.9 Å². The van der Waals surface area contributed by atoms with Gasteiger partial charge in [-0.25, -0.2) is 0 Å². The van der Waals surface area contributed by atoms with E-state index in [9.17, 15) is 0 Å². The number of aryl methyl sites for hydroxylation is 1. The highest BCUT2D eigenvalue weighted by Crippen LogP contribution is 2.18. The van der Waals surface area contributed by atoms with Crippen LogP contribution in [-0.4, -0.2) is 13.1 Å². The maximum absolute atomic E-state index is 3.47. The number of benzene rings is 1. The van der Waals surface area contributed by atoms with Crippen LogP contribution < -0.4 is 5.32 Å². The van der Waals surface area contributed by atoms with Crippen molar-refractivity contribution < 1.29 is 0 Å². The van der Waals surface area contributed by atoms with Crippen LogP contribution in [0.5, 0.6) is 0 Å². The van der Waals surface area contributed by atoms with Crippen molar-refractivity contribution in [1.82, 2.24) is 5.32 Å². The molecular weight excluding hydrogens is 194 g/mol. The van der Waals surface area contributed by atoms with E-state index in [2.05, 4.69) is 57.3 Å². The fraction of sp³-hybridized carbons (Fsp3) is 0.600. The zero-order valence-corrected chi connectivity index (χ0v) is 11.1. The Morgan fingerprint density at radius 2 is 1.88 bits per heavy atom. The summed E-state index contributed by atoms with van der Waals surface area (Å²) in [5, 5.41) is 3.47. The topological polar surface area (TPSA) is 12.0 Å². The lowest BCUT2D eigenvalue weighted by Gasteiger charge is -2.22. The van der Waals surface area contributed by atoms with Crippen molar-refractivity contribution in [2.75, 3.05) is 13.1 Å². The highest BCUT2D eigenvalue weighted by molar-refractivity contribution is 5.26. The second kappa shape index (κ2) is 6.70. The Balaban J connectivity index is 2.64. The van der Waals surface area contributed by atoms with Gasteiger partial charge in [0.25, 0.3) is 0 Å². The van der Waals surface area contributed by atoms with Gasteiger partial charge in [-0.3, -0.25) is 0 Å². The summed E-state index contributed by atoms with van der Waals surface area (Å²) in [5.74, 6) is 1.47. The Labute approximate surface area is 100 Å². The van der Waals surface area contributed by atoms with Gasteiger partial charge in [-0.1, -0.05) is 45.0 Å². The lowest BCUT2D eigenvalue weighted by atomic mass is 9.88. The average molecular weight is 219 g/mol. The van der Waals surface area contributed by atoms with Gasteiger partial charge in [-0.2, -0.15) is 0 Å². The molecule has 0 aliphatic carbocycles. The monoisotopic (exact) mass is 219 g/mol. The first-order chi connectivity index (χ1) is 7.65. The average Bonchev–Trinajstić information content (AvgIpc) is 2.26. The number of rotatable bonds is 6. The van der Waals surface area contributed by atoms with E-state index < -0.39 is 0 Å². The number of nitrogens with one attached hydrogen (secondary N) is 1. The van der Waals surface area contributed by atoms with Crippen molar-refractivity contribution in [3.63, 3.8) is 0 Å². The van der Waals surface area contributed by atoms with Crippen LogP contribution in [0.3, 0.4) is 0 Å². The van der Waals surface area contributed by atoms with Crippen LogP contribution in [-0.2, 0) is 6.42 Å². The van der Waals surface area contributed by atoms with Gasteiger partial charge in [0.1, 0.15) is 0 Å². The van der Waals surface area contributed by atoms with Crippen LogP contribution in [0.2, 0.25) is 0 Å². The van der Waals surface area contributed by atoms with Crippen LogP contribution in [0.4, 0.5) is 0 Å². The molecule has 1 heteroatoms. The second-order valence-corrected chi connectivity index (χ2v) is 4.94. The van der Waals surface area contributed by atoms with Crippen LogP contribution in [0.1, 0.15) is 31.9 Å². The van der Waals surface area contributed by atoms with Crippen LogP contribution in [0.25, 0.3) is 0 Å². The van der Waals surface area contributed by atoms with Crippen molar-refractivity contribution in [1.29, 1.82) is 0 Å². The minimum Gasteiger partial charge on any atom is -0.317 e. The molecule has 0 spiro atoms. The third-order valence-corrected chi connectivity index (χ3v) is 3.34. The van der Waals surface area contributed by atoms with Crippen LogP contribution >= 0.6 is 0 Å². The Morgan fingerprint density at radius 3 is 2.44 bits per heavy atom. The molecule has 1 N–H and O–H groups in total. The maximum Gasteiger partial charge on any atom is -0.00150 e. The van der Waals surface area contributed by atoms with Crippen molar-refractivity contribution in [2.45, 2.75) is 34.1 Å². The Kier molecular flexibility index (Phi) is 5.54. The first kappa shape index (κ1) is 13.2. The van der Waals surface area contributed by atoms with Crippen LogP contribution in [0.15, 0.2) is 24.3 Å². The SMILES string of the molecule is CCNCC(Cc1ccccc1C)C(C)C. The quantitative estimate of drug-likeness (QED) is 0.773. The molecule has 16 heavy (non-hydrogen) atoms. The summed E-state index contributed by atoms with van der Waals surface area (Å²) in [6, 6.07) is 8.73. The molecule has 0 heterocycles. The van der Waals surface area contributed by atoms with E-state index in [4.69, 9.17) is 0 Å². The van der Waals surface area contributed by atoms with E-state index in [1.807, 2.05) is 0 Å². The predicted molar refractivity (Wildman–Crippen MR) is 71.8 cm³/mol. The molecule has 0 saturated carbocycles. The number of hydrogen-bond donors (Lipinski definition) is 1. The molecule has 90 valence electrons. The van der Waals surface area contributed by atoms with E-state index in [-0.39, 0.29) is 0 Å². The van der Waals surface area contributed by atoms with Gasteiger partial charge in [0.2, 0.25) is 0 Å². The smallest absolute Gasteiger partial charge is 0.00150 e. The Hall–Kier alpha value is -0.820. The fourth-order valence-electron chi connectivity index (χ4n) is 1.99. The molecule has 0 bridgehead atoms. The number of hydrogen-bond acceptors (Lipinski definition) is 1. The summed E-state index contributed by atoms with van der Waals surface area (Å²) in [7, 11) is 0. The van der Waals surface area contributed by atoms with Crippen LogP contribution in [0, 0.1) is 18.8 Å². The van der Waals surface area contributed by atoms with Crippen molar-refractivity contribution in [3.8, 4) is 0 Å². The van der Waals surface area contributed by atoms with Crippen molar-refractivity contribution in [3.05, 3.63) is 35.4 Å². The van der Waals surface area contributed by atoms with Gasteiger partial charge in [0.05, 0.1) is 0 Å². The lowest BCUT2D eigenvalue weighted by molar-refractivity contribution is 0.363. The lowest BCUT2D eigenvalue weighted by Crippen LogP contribution is -2.27. The zero-order valence-electron chi connectivity index (χ0n) is 11.1. The van der Waals surface area contributed by atoms with Crippen molar-refractivity contribution >= 4 is 0 Å². The first-order valence-corrected chi connectivity index (χ1v) is 6.40. The first-order valence-electron chi connectivity index (χ1n) is 6.40. The largest absolute Gasteiger partial charge is 0.317 e. The molecule has 0 aliphatic rings. The molecule has 0 radical (unpaired) electrons. The molecule has 0 aromatic heterocycles. The highest BCUT2D eigenvalue weighted by atomic mass is 14.8. The molecule has 1 aromatic carbocycles. The summed E-state index contributed by atoms with van der Waals surface area (Å²) in [6.45, 7) is 11.2. The fourth-order valence-corrected chi connectivity index (χ4v) is 1.99. The van der Waals surface area contributed by atoms with E-state index >= 15 is 0 Å². The van der Waals surface area contributed by atoms with Gasteiger partial charge in [-0.05, 0) is 49.4 Å². The summed E-state index contributed by atoms with van der Waals surface area (Å²) >= 11 is 0. The van der Waals surface area contributed by atoms with Gasteiger partial charge in [-0.15, -0.1) is 0 Å². The minimum absolute atomic E-state index is 0.735. The molecule has 0 fully saturated rings. The van der Waals surface area contributed by atoms with E-state index in [1.165, 1.54) is 17.5 Å². The molecular formula is C15H25N. The molecule has 0 amide bonds. The van der Waals surface area contributed by atoms with Gasteiger partial charge >= 0.3 is 0 Å². The maximum atomic E-state index is 3.47. The van der Waals surface area contributed by atoms with Gasteiger partial charge in [0, 0.05) is 0 Å². The normalized spacial score (nSPS) is 13.1. The predicted octanol–water partition coefficient (Wildman–Crippen LogP) is 3.42. The minimum atomic E-state index is 0.735. The standard InChI is InChI=1S/C15H25N/c1-5-16-11-15(12(2)3)10-14-9-7-6-8-13(14)4/h6-9,12,15-16H,5,10-11H2,1-4H3. The van der Waals surface area contributed by atoms with Gasteiger partial charge < -0.3 is 5.32 Å². The Bertz CT molecular complexity index is 304. The highest BCUT2D eigenvalue weighted by Gasteiger charge is 2.14. The second-order valence-electron chi connectivity index (χ2n) is 4.94. The summed E-state index contributed by atoms with van der Waals surface area (Å²) in [5.41, 5.74) is 2.92. The summed E-state index contributed by atoms with van der Waals surface area (Å²) < 4.78 is 0. The molecule has 1 nitrogen and oxygen atoms in total. The molecule has 0 saturated heterocycles. The molecule has 1 atom stereocenters. The molecule has 1 rings (SSSR count). The molecule has 0 aliphatic heterocycles. The third kappa shape index (κ3) is 3.97. The van der Waals surface area contributed by atoms with Crippen molar-refractivity contribution in [2.24, 2.45) is 11.8 Å². The van der Waals surface area contributed by atoms with E-state index in [1.54, 1.807) is 0 Å². The van der Waals surface area contributed by atoms with E-state index in [0.29, 0.717) is 0 Å². The molecule has 1 unspecified atom stereocenters. The summed E-state index contributed by atoms with van der Waals surface area (Å²) in [4.78, 5) is 0. The Morgan fingerprint density at radius 1 is 1.19 bits per heavy atom. The van der Waals surface area contributed by atoms with Gasteiger partial charge in [0.15, 0.2) is 0 Å². The zero-order chi connectivity index (χ0) is 12.0. The molecule has 1 aromatic rings.